The SMILES string of the molecule is CCOC(=O)N1CCN(Cc2cnc(C)c3oc(-c4cc(=O)oc5cc(C)c(C)cc45)cc23)CC1. The Balaban J connectivity index is 1.48. The Bertz CT molecular complexity index is 1480. The van der Waals surface area contributed by atoms with Crippen molar-refractivity contribution in [2.45, 2.75) is 34.2 Å². The Hall–Kier alpha value is -3.65. The monoisotopic (exact) mass is 475 g/mol. The lowest BCUT2D eigenvalue weighted by Gasteiger charge is -2.34. The van der Waals surface area contributed by atoms with Crippen LogP contribution in [0.3, 0.4) is 0 Å². The highest BCUT2D eigenvalue weighted by Gasteiger charge is 2.23. The zero-order chi connectivity index (χ0) is 24.7. The van der Waals surface area contributed by atoms with Crippen molar-refractivity contribution in [2.75, 3.05) is 32.8 Å². The van der Waals surface area contributed by atoms with Gasteiger partial charge in [0.15, 0.2) is 5.58 Å². The van der Waals surface area contributed by atoms with E-state index in [0.29, 0.717) is 48.7 Å². The fourth-order valence-electron chi connectivity index (χ4n) is 4.63. The molecule has 1 fully saturated rings. The van der Waals surface area contributed by atoms with Gasteiger partial charge in [-0.15, -0.1) is 0 Å². The Morgan fingerprint density at radius 1 is 1.00 bits per heavy atom. The molecule has 1 aromatic carbocycles. The van der Waals surface area contributed by atoms with Gasteiger partial charge in [0.2, 0.25) is 0 Å². The van der Waals surface area contributed by atoms with Gasteiger partial charge < -0.3 is 18.5 Å². The predicted molar refractivity (Wildman–Crippen MR) is 134 cm³/mol. The summed E-state index contributed by atoms with van der Waals surface area (Å²) >= 11 is 0. The topological polar surface area (TPSA) is 89.0 Å². The number of rotatable bonds is 4. The summed E-state index contributed by atoms with van der Waals surface area (Å²) in [4.78, 5) is 33.0. The average molecular weight is 476 g/mol. The number of hydrogen-bond acceptors (Lipinski definition) is 7. The Labute approximate surface area is 203 Å². The van der Waals surface area contributed by atoms with E-state index in [1.54, 1.807) is 4.90 Å². The smallest absolute Gasteiger partial charge is 0.409 e. The van der Waals surface area contributed by atoms with Crippen LogP contribution >= 0.6 is 0 Å². The maximum absolute atomic E-state index is 12.3. The molecule has 1 aliphatic rings. The molecule has 0 spiro atoms. The van der Waals surface area contributed by atoms with Crippen molar-refractivity contribution in [3.63, 3.8) is 0 Å². The molecule has 0 bridgehead atoms. The summed E-state index contributed by atoms with van der Waals surface area (Å²) in [5.41, 5.74) is 5.58. The number of carbonyl (C=O) groups is 1. The van der Waals surface area contributed by atoms with Crippen molar-refractivity contribution in [1.82, 2.24) is 14.8 Å². The lowest BCUT2D eigenvalue weighted by atomic mass is 10.0. The van der Waals surface area contributed by atoms with Crippen molar-refractivity contribution < 1.29 is 18.4 Å². The van der Waals surface area contributed by atoms with E-state index in [2.05, 4.69) is 9.88 Å². The molecular weight excluding hydrogens is 446 g/mol. The minimum Gasteiger partial charge on any atom is -0.454 e. The molecule has 0 aliphatic carbocycles. The molecular formula is C27H29N3O5. The second kappa shape index (κ2) is 9.19. The Morgan fingerprint density at radius 3 is 2.49 bits per heavy atom. The minimum absolute atomic E-state index is 0.254. The van der Waals surface area contributed by atoms with Crippen molar-refractivity contribution >= 4 is 28.0 Å². The third-order valence-corrected chi connectivity index (χ3v) is 6.74. The first kappa shape index (κ1) is 23.1. The van der Waals surface area contributed by atoms with Gasteiger partial charge in [0.05, 0.1) is 12.3 Å². The van der Waals surface area contributed by atoms with Gasteiger partial charge in [-0.3, -0.25) is 9.88 Å². The van der Waals surface area contributed by atoms with Crippen LogP contribution in [0.5, 0.6) is 0 Å². The van der Waals surface area contributed by atoms with Crippen LogP contribution < -0.4 is 5.63 Å². The number of pyridine rings is 1. The summed E-state index contributed by atoms with van der Waals surface area (Å²) in [7, 11) is 0. The van der Waals surface area contributed by atoms with E-state index in [4.69, 9.17) is 13.6 Å². The van der Waals surface area contributed by atoms with Gasteiger partial charge >= 0.3 is 11.7 Å². The number of amides is 1. The van der Waals surface area contributed by atoms with E-state index < -0.39 is 5.63 Å². The van der Waals surface area contributed by atoms with Crippen LogP contribution in [0.1, 0.15) is 29.3 Å². The molecule has 182 valence electrons. The van der Waals surface area contributed by atoms with Crippen LogP contribution in [0.4, 0.5) is 4.79 Å². The summed E-state index contributed by atoms with van der Waals surface area (Å²) in [5, 5.41) is 1.82. The lowest BCUT2D eigenvalue weighted by molar-refractivity contribution is 0.0779. The zero-order valence-electron chi connectivity index (χ0n) is 20.5. The van der Waals surface area contributed by atoms with Gasteiger partial charge in [0, 0.05) is 61.3 Å². The number of furan rings is 1. The molecule has 0 N–H and O–H groups in total. The Morgan fingerprint density at radius 2 is 1.74 bits per heavy atom. The molecule has 4 heterocycles. The fraction of sp³-hybridized carbons (Fsp3) is 0.370. The highest BCUT2D eigenvalue weighted by molar-refractivity contribution is 5.96. The number of nitrogens with zero attached hydrogens (tertiary/aromatic N) is 3. The second-order valence-corrected chi connectivity index (χ2v) is 9.10. The molecule has 0 radical (unpaired) electrons. The van der Waals surface area contributed by atoms with Crippen molar-refractivity contribution in [2.24, 2.45) is 0 Å². The summed E-state index contributed by atoms with van der Waals surface area (Å²) in [6.45, 7) is 11.6. The largest absolute Gasteiger partial charge is 0.454 e. The fourth-order valence-corrected chi connectivity index (χ4v) is 4.63. The molecule has 8 heteroatoms. The standard InChI is InChI=1S/C27H29N3O5/c1-5-33-27(32)30-8-6-29(7-9-30)15-19-14-28-18(4)26-20(19)12-24(35-26)22-13-25(31)34-23-11-17(3)16(2)10-21(22)23/h10-14H,5-9,15H2,1-4H3. The van der Waals surface area contributed by atoms with Crippen LogP contribution in [0.15, 0.2) is 44.1 Å². The highest BCUT2D eigenvalue weighted by atomic mass is 16.6. The van der Waals surface area contributed by atoms with E-state index in [0.717, 1.165) is 46.2 Å². The van der Waals surface area contributed by atoms with Crippen molar-refractivity contribution in [3.8, 4) is 11.3 Å². The number of hydrogen-bond donors (Lipinski definition) is 0. The highest BCUT2D eigenvalue weighted by Crippen LogP contribution is 2.35. The Kier molecular flexibility index (Phi) is 6.06. The zero-order valence-corrected chi connectivity index (χ0v) is 20.5. The van der Waals surface area contributed by atoms with Crippen molar-refractivity contribution in [3.05, 3.63) is 63.3 Å². The summed E-state index contributed by atoms with van der Waals surface area (Å²) in [6, 6.07) is 7.42. The van der Waals surface area contributed by atoms with Crippen LogP contribution in [-0.2, 0) is 11.3 Å². The van der Waals surface area contributed by atoms with Crippen molar-refractivity contribution in [1.29, 1.82) is 0 Å². The quantitative estimate of drug-likeness (QED) is 0.392. The first-order chi connectivity index (χ1) is 16.8. The van der Waals surface area contributed by atoms with Crippen LogP contribution in [0, 0.1) is 20.8 Å². The minimum atomic E-state index is -0.411. The van der Waals surface area contributed by atoms with Crippen LogP contribution in [0.2, 0.25) is 0 Å². The van der Waals surface area contributed by atoms with Gasteiger partial charge in [-0.25, -0.2) is 9.59 Å². The molecule has 8 nitrogen and oxygen atoms in total. The molecule has 0 atom stereocenters. The first-order valence-electron chi connectivity index (χ1n) is 11.9. The van der Waals surface area contributed by atoms with E-state index in [1.807, 2.05) is 52.1 Å². The molecule has 3 aromatic heterocycles. The molecule has 1 amide bonds. The molecule has 1 saturated heterocycles. The van der Waals surface area contributed by atoms with Crippen LogP contribution in [-0.4, -0.2) is 53.7 Å². The number of carbonyl (C=O) groups excluding carboxylic acids is 1. The van der Waals surface area contributed by atoms with E-state index in [1.165, 1.54) is 6.07 Å². The van der Waals surface area contributed by atoms with E-state index in [-0.39, 0.29) is 6.09 Å². The van der Waals surface area contributed by atoms with Gasteiger partial charge in [0.1, 0.15) is 11.3 Å². The van der Waals surface area contributed by atoms with Gasteiger partial charge in [-0.1, -0.05) is 0 Å². The average Bonchev–Trinajstić information content (AvgIpc) is 3.29. The number of benzene rings is 1. The number of fused-ring (bicyclic) bond motifs is 2. The normalized spacial score (nSPS) is 14.7. The molecule has 1 aliphatic heterocycles. The van der Waals surface area contributed by atoms with Gasteiger partial charge in [-0.05, 0) is 62.6 Å². The lowest BCUT2D eigenvalue weighted by Crippen LogP contribution is -2.48. The number of ether oxygens (including phenoxy) is 1. The molecule has 5 rings (SSSR count). The summed E-state index contributed by atoms with van der Waals surface area (Å²) in [5.74, 6) is 0.616. The number of aryl methyl sites for hydroxylation is 3. The third-order valence-electron chi connectivity index (χ3n) is 6.74. The molecule has 4 aromatic rings. The molecule has 0 saturated carbocycles. The van der Waals surface area contributed by atoms with E-state index >= 15 is 0 Å². The van der Waals surface area contributed by atoms with E-state index in [9.17, 15) is 9.59 Å². The number of piperazine rings is 1. The first-order valence-corrected chi connectivity index (χ1v) is 11.9. The third kappa shape index (κ3) is 4.41. The van der Waals surface area contributed by atoms with Gasteiger partial charge in [0.25, 0.3) is 0 Å². The van der Waals surface area contributed by atoms with Crippen LogP contribution in [0.25, 0.3) is 33.3 Å². The maximum atomic E-state index is 12.3. The van der Waals surface area contributed by atoms with Gasteiger partial charge in [-0.2, -0.15) is 0 Å². The summed E-state index contributed by atoms with van der Waals surface area (Å²) in [6.07, 6.45) is 1.63. The maximum Gasteiger partial charge on any atom is 0.409 e. The molecule has 35 heavy (non-hydrogen) atoms. The number of aromatic nitrogens is 1. The molecule has 0 unspecified atom stereocenters. The second-order valence-electron chi connectivity index (χ2n) is 9.10. The summed E-state index contributed by atoms with van der Waals surface area (Å²) < 4.78 is 16.9. The predicted octanol–water partition coefficient (Wildman–Crippen LogP) is 4.80.